The fourth-order valence-corrected chi connectivity index (χ4v) is 1.64. The van der Waals surface area contributed by atoms with Crippen molar-refractivity contribution in [2.45, 2.75) is 25.9 Å². The number of amides is 1. The zero-order valence-electron chi connectivity index (χ0n) is 11.9. The minimum Gasteiger partial charge on any atom is -0.497 e. The van der Waals surface area contributed by atoms with E-state index in [1.165, 1.54) is 0 Å². The second-order valence-corrected chi connectivity index (χ2v) is 4.24. The molecule has 0 bridgehead atoms. The van der Waals surface area contributed by atoms with Crippen LogP contribution in [0.25, 0.3) is 0 Å². The first kappa shape index (κ1) is 16.0. The molecule has 0 saturated carbocycles. The maximum atomic E-state index is 11.8. The molecule has 20 heavy (non-hydrogen) atoms. The molecule has 0 heterocycles. The summed E-state index contributed by atoms with van der Waals surface area (Å²) in [4.78, 5) is 23.2. The standard InChI is InChI=1S/C14H20N2O4/c1-4-20-14(18)12(15)13(17)16-9(2)10-6-5-7-11(8-10)19-3/h5-9,12H,4,15H2,1-3H3,(H,16,17)/t9-,12?/m1/s1. The summed E-state index contributed by atoms with van der Waals surface area (Å²) in [7, 11) is 1.57. The van der Waals surface area contributed by atoms with Gasteiger partial charge in [0.15, 0.2) is 6.04 Å². The summed E-state index contributed by atoms with van der Waals surface area (Å²) in [6, 6.07) is 5.68. The van der Waals surface area contributed by atoms with Crippen LogP contribution in [0.3, 0.4) is 0 Å². The Kier molecular flexibility index (Phi) is 5.99. The molecule has 1 aromatic carbocycles. The van der Waals surface area contributed by atoms with Gasteiger partial charge in [0.25, 0.3) is 0 Å². The van der Waals surface area contributed by atoms with E-state index < -0.39 is 17.9 Å². The number of benzene rings is 1. The van der Waals surface area contributed by atoms with Crippen molar-refractivity contribution in [3.05, 3.63) is 29.8 Å². The lowest BCUT2D eigenvalue weighted by Crippen LogP contribution is -2.47. The zero-order chi connectivity index (χ0) is 15.1. The van der Waals surface area contributed by atoms with Gasteiger partial charge in [-0.05, 0) is 31.5 Å². The van der Waals surface area contributed by atoms with Crippen LogP contribution in [0.5, 0.6) is 5.75 Å². The molecule has 1 unspecified atom stereocenters. The van der Waals surface area contributed by atoms with Gasteiger partial charge in [-0.15, -0.1) is 0 Å². The Bertz CT molecular complexity index is 476. The maximum absolute atomic E-state index is 11.8. The van der Waals surface area contributed by atoms with Gasteiger partial charge in [0, 0.05) is 0 Å². The van der Waals surface area contributed by atoms with Gasteiger partial charge in [-0.2, -0.15) is 0 Å². The van der Waals surface area contributed by atoms with Crippen LogP contribution in [0.2, 0.25) is 0 Å². The molecule has 0 saturated heterocycles. The lowest BCUT2D eigenvalue weighted by molar-refractivity contribution is -0.148. The second kappa shape index (κ2) is 7.49. The lowest BCUT2D eigenvalue weighted by Gasteiger charge is -2.17. The van der Waals surface area contributed by atoms with Gasteiger partial charge >= 0.3 is 5.97 Å². The summed E-state index contributed by atoms with van der Waals surface area (Å²) in [6.45, 7) is 3.64. The highest BCUT2D eigenvalue weighted by atomic mass is 16.5. The lowest BCUT2D eigenvalue weighted by atomic mass is 10.1. The highest BCUT2D eigenvalue weighted by Gasteiger charge is 2.24. The third kappa shape index (κ3) is 4.24. The number of nitrogens with one attached hydrogen (secondary N) is 1. The predicted octanol–water partition coefficient (Wildman–Crippen LogP) is 0.763. The largest absolute Gasteiger partial charge is 0.497 e. The molecule has 2 atom stereocenters. The van der Waals surface area contributed by atoms with Crippen molar-refractivity contribution in [3.8, 4) is 5.75 Å². The molecule has 1 aromatic rings. The quantitative estimate of drug-likeness (QED) is 0.593. The van der Waals surface area contributed by atoms with Crippen molar-refractivity contribution in [3.63, 3.8) is 0 Å². The first-order valence-electron chi connectivity index (χ1n) is 6.36. The van der Waals surface area contributed by atoms with Crippen LogP contribution in [-0.4, -0.2) is 31.6 Å². The van der Waals surface area contributed by atoms with Gasteiger partial charge in [0.05, 0.1) is 19.8 Å². The highest BCUT2D eigenvalue weighted by Crippen LogP contribution is 2.18. The Balaban J connectivity index is 2.67. The van der Waals surface area contributed by atoms with Crippen LogP contribution in [0.4, 0.5) is 0 Å². The molecule has 0 aliphatic carbocycles. The van der Waals surface area contributed by atoms with Crippen LogP contribution in [0.15, 0.2) is 24.3 Å². The van der Waals surface area contributed by atoms with Crippen LogP contribution in [0, 0.1) is 0 Å². The topological polar surface area (TPSA) is 90.7 Å². The predicted molar refractivity (Wildman–Crippen MR) is 74.2 cm³/mol. The van der Waals surface area contributed by atoms with Gasteiger partial charge in [0.1, 0.15) is 5.75 Å². The summed E-state index contributed by atoms with van der Waals surface area (Å²) >= 11 is 0. The van der Waals surface area contributed by atoms with Gasteiger partial charge in [0.2, 0.25) is 5.91 Å². The molecule has 6 heteroatoms. The number of hydrogen-bond donors (Lipinski definition) is 2. The Morgan fingerprint density at radius 1 is 1.40 bits per heavy atom. The maximum Gasteiger partial charge on any atom is 0.332 e. The van der Waals surface area contributed by atoms with E-state index in [9.17, 15) is 9.59 Å². The van der Waals surface area contributed by atoms with Gasteiger partial charge in [-0.25, -0.2) is 4.79 Å². The van der Waals surface area contributed by atoms with Crippen molar-refractivity contribution >= 4 is 11.9 Å². The van der Waals surface area contributed by atoms with E-state index in [-0.39, 0.29) is 12.6 Å². The molecule has 3 N–H and O–H groups in total. The first-order chi connectivity index (χ1) is 9.49. The Morgan fingerprint density at radius 2 is 2.10 bits per heavy atom. The molecule has 0 spiro atoms. The Labute approximate surface area is 118 Å². The number of carbonyl (C=O) groups is 2. The number of nitrogens with two attached hydrogens (primary N) is 1. The van der Waals surface area contributed by atoms with E-state index in [0.29, 0.717) is 5.75 Å². The molecule has 1 amide bonds. The zero-order valence-corrected chi connectivity index (χ0v) is 11.9. The average Bonchev–Trinajstić information content (AvgIpc) is 2.46. The first-order valence-corrected chi connectivity index (χ1v) is 6.36. The number of methoxy groups -OCH3 is 1. The summed E-state index contributed by atoms with van der Waals surface area (Å²) in [6.07, 6.45) is 0. The molecule has 6 nitrogen and oxygen atoms in total. The third-order valence-electron chi connectivity index (χ3n) is 2.78. The van der Waals surface area contributed by atoms with E-state index in [0.717, 1.165) is 5.56 Å². The van der Waals surface area contributed by atoms with Crippen molar-refractivity contribution in [1.82, 2.24) is 5.32 Å². The molecule has 0 aromatic heterocycles. The SMILES string of the molecule is CCOC(=O)C(N)C(=O)N[C@H](C)c1cccc(OC)c1. The highest BCUT2D eigenvalue weighted by molar-refractivity contribution is 6.01. The molecule has 110 valence electrons. The van der Waals surface area contributed by atoms with Gasteiger partial charge in [-0.1, -0.05) is 12.1 Å². The van der Waals surface area contributed by atoms with Crippen molar-refractivity contribution in [1.29, 1.82) is 0 Å². The van der Waals surface area contributed by atoms with Crippen LogP contribution >= 0.6 is 0 Å². The van der Waals surface area contributed by atoms with Crippen LogP contribution in [-0.2, 0) is 14.3 Å². The molecule has 0 aliphatic heterocycles. The summed E-state index contributed by atoms with van der Waals surface area (Å²) in [5.41, 5.74) is 6.37. The van der Waals surface area contributed by atoms with Crippen LogP contribution in [0.1, 0.15) is 25.5 Å². The second-order valence-electron chi connectivity index (χ2n) is 4.24. The van der Waals surface area contributed by atoms with E-state index >= 15 is 0 Å². The minimum absolute atomic E-state index is 0.186. The number of carbonyl (C=O) groups excluding carboxylic acids is 2. The summed E-state index contributed by atoms with van der Waals surface area (Å²) in [5.74, 6) is -0.611. The fourth-order valence-electron chi connectivity index (χ4n) is 1.64. The van der Waals surface area contributed by atoms with E-state index in [1.54, 1.807) is 27.0 Å². The smallest absolute Gasteiger partial charge is 0.332 e. The number of rotatable bonds is 6. The molecule has 0 aliphatic rings. The molecular formula is C14H20N2O4. The Morgan fingerprint density at radius 3 is 2.70 bits per heavy atom. The monoisotopic (exact) mass is 280 g/mol. The number of esters is 1. The third-order valence-corrected chi connectivity index (χ3v) is 2.78. The summed E-state index contributed by atoms with van der Waals surface area (Å²) in [5, 5.41) is 2.67. The van der Waals surface area contributed by atoms with E-state index in [1.807, 2.05) is 18.2 Å². The van der Waals surface area contributed by atoms with Crippen molar-refractivity contribution in [2.24, 2.45) is 5.73 Å². The number of hydrogen-bond acceptors (Lipinski definition) is 5. The summed E-state index contributed by atoms with van der Waals surface area (Å²) < 4.78 is 9.82. The van der Waals surface area contributed by atoms with Crippen LogP contribution < -0.4 is 15.8 Å². The number of ether oxygens (including phenoxy) is 2. The molecular weight excluding hydrogens is 260 g/mol. The fraction of sp³-hybridized carbons (Fsp3) is 0.429. The normalized spacial score (nSPS) is 13.2. The van der Waals surface area contributed by atoms with Crippen molar-refractivity contribution in [2.75, 3.05) is 13.7 Å². The van der Waals surface area contributed by atoms with E-state index in [2.05, 4.69) is 5.32 Å². The van der Waals surface area contributed by atoms with Gasteiger partial charge in [-0.3, -0.25) is 4.79 Å². The van der Waals surface area contributed by atoms with E-state index in [4.69, 9.17) is 15.2 Å². The van der Waals surface area contributed by atoms with Crippen molar-refractivity contribution < 1.29 is 19.1 Å². The molecule has 0 radical (unpaired) electrons. The average molecular weight is 280 g/mol. The molecule has 0 fully saturated rings. The van der Waals surface area contributed by atoms with Gasteiger partial charge < -0.3 is 20.5 Å². The Hall–Kier alpha value is -2.08. The minimum atomic E-state index is -1.32. The molecule has 1 rings (SSSR count).